The molecule has 3 unspecified atom stereocenters. The zero-order valence-corrected chi connectivity index (χ0v) is 14.1. The molecule has 0 spiro atoms. The van der Waals surface area contributed by atoms with Crippen molar-refractivity contribution in [3.63, 3.8) is 0 Å². The van der Waals surface area contributed by atoms with Crippen LogP contribution in [0.3, 0.4) is 0 Å². The average molecular weight is 287 g/mol. The fourth-order valence-electron chi connectivity index (χ4n) is 4.90. The molecule has 0 heterocycles. The van der Waals surface area contributed by atoms with Crippen LogP contribution in [-0.4, -0.2) is 11.1 Å². The summed E-state index contributed by atoms with van der Waals surface area (Å²) >= 11 is 0. The Morgan fingerprint density at radius 1 is 1.19 bits per heavy atom. The Morgan fingerprint density at radius 3 is 2.29 bits per heavy atom. The zero-order valence-electron chi connectivity index (χ0n) is 14.1. The van der Waals surface area contributed by atoms with E-state index in [1.54, 1.807) is 0 Å². The minimum Gasteiger partial charge on any atom is -0.507 e. The van der Waals surface area contributed by atoms with Crippen LogP contribution in [0.2, 0.25) is 0 Å². The molecule has 1 aromatic carbocycles. The molecule has 1 aromatic rings. The smallest absolute Gasteiger partial charge is 0.121 e. The van der Waals surface area contributed by atoms with E-state index in [1.807, 2.05) is 13.8 Å². The van der Waals surface area contributed by atoms with Crippen molar-refractivity contribution in [2.45, 2.75) is 66.5 Å². The Bertz CT molecular complexity index is 540. The first-order valence-electron chi connectivity index (χ1n) is 8.28. The monoisotopic (exact) mass is 287 g/mol. The first-order chi connectivity index (χ1) is 9.75. The van der Waals surface area contributed by atoms with Crippen LogP contribution in [-0.2, 0) is 6.54 Å². The van der Waals surface area contributed by atoms with Crippen LogP contribution in [0.15, 0.2) is 12.1 Å². The van der Waals surface area contributed by atoms with Crippen LogP contribution in [0, 0.1) is 30.6 Å². The van der Waals surface area contributed by atoms with E-state index in [2.05, 4.69) is 38.2 Å². The molecule has 2 saturated carbocycles. The molecule has 116 valence electrons. The summed E-state index contributed by atoms with van der Waals surface area (Å²) in [6, 6.07) is 4.84. The summed E-state index contributed by atoms with van der Waals surface area (Å²) in [5, 5.41) is 13.7. The number of benzene rings is 1. The number of aromatic hydroxyl groups is 1. The maximum Gasteiger partial charge on any atom is 0.121 e. The number of nitrogens with one attached hydrogen (secondary N) is 1. The van der Waals surface area contributed by atoms with Crippen LogP contribution in [0.1, 0.15) is 56.7 Å². The second kappa shape index (κ2) is 4.74. The number of fused-ring (bicyclic) bond motifs is 2. The van der Waals surface area contributed by atoms with Gasteiger partial charge in [-0.1, -0.05) is 32.9 Å². The second-order valence-electron chi connectivity index (χ2n) is 8.12. The quantitative estimate of drug-likeness (QED) is 0.868. The number of phenolic OH excluding ortho intramolecular Hbond substituents is 1. The van der Waals surface area contributed by atoms with Gasteiger partial charge in [-0.2, -0.15) is 0 Å². The Kier molecular flexibility index (Phi) is 3.36. The second-order valence-corrected chi connectivity index (χ2v) is 8.12. The van der Waals surface area contributed by atoms with Crippen molar-refractivity contribution in [1.82, 2.24) is 5.32 Å². The Labute approximate surface area is 129 Å². The highest BCUT2D eigenvalue weighted by Crippen LogP contribution is 2.65. The topological polar surface area (TPSA) is 32.3 Å². The third-order valence-electron chi connectivity index (χ3n) is 6.90. The van der Waals surface area contributed by atoms with Crippen LogP contribution in [0.5, 0.6) is 5.75 Å². The summed E-state index contributed by atoms with van der Waals surface area (Å²) < 4.78 is 0. The van der Waals surface area contributed by atoms with Crippen LogP contribution in [0.25, 0.3) is 0 Å². The van der Waals surface area contributed by atoms with Gasteiger partial charge in [0.25, 0.3) is 0 Å². The average Bonchev–Trinajstić information content (AvgIpc) is 2.75. The molecule has 2 fully saturated rings. The lowest BCUT2D eigenvalue weighted by Crippen LogP contribution is -2.44. The molecule has 2 heteroatoms. The molecule has 2 aliphatic carbocycles. The minimum atomic E-state index is 0.429. The van der Waals surface area contributed by atoms with Gasteiger partial charge in [-0.25, -0.2) is 0 Å². The van der Waals surface area contributed by atoms with Gasteiger partial charge in [0.1, 0.15) is 5.75 Å². The van der Waals surface area contributed by atoms with Crippen molar-refractivity contribution in [3.8, 4) is 5.75 Å². The molecule has 0 aromatic heterocycles. The van der Waals surface area contributed by atoms with E-state index in [0.717, 1.165) is 23.6 Å². The standard InChI is InChI=1S/C19H29NO/c1-12-8-14(9-13(2)17(12)21)11-20-16-10-15-6-7-19(16,5)18(15,3)4/h8-9,15-16,20-21H,6-7,10-11H2,1-5H3. The van der Waals surface area contributed by atoms with Gasteiger partial charge in [0, 0.05) is 12.6 Å². The van der Waals surface area contributed by atoms with Gasteiger partial charge in [-0.05, 0) is 66.5 Å². The third kappa shape index (κ3) is 2.11. The van der Waals surface area contributed by atoms with Crippen LogP contribution in [0.4, 0.5) is 0 Å². The number of rotatable bonds is 3. The molecule has 2 bridgehead atoms. The molecule has 0 radical (unpaired) electrons. The Hall–Kier alpha value is -1.02. The number of aryl methyl sites for hydroxylation is 2. The summed E-state index contributed by atoms with van der Waals surface area (Å²) in [4.78, 5) is 0. The number of hydrogen-bond donors (Lipinski definition) is 2. The molecule has 3 rings (SSSR count). The molecule has 3 atom stereocenters. The summed E-state index contributed by atoms with van der Waals surface area (Å²) in [5.74, 6) is 1.31. The Morgan fingerprint density at radius 2 is 1.81 bits per heavy atom. The van der Waals surface area contributed by atoms with Crippen molar-refractivity contribution in [2.24, 2.45) is 16.7 Å². The summed E-state index contributed by atoms with van der Waals surface area (Å²) in [6.07, 6.45) is 4.08. The maximum absolute atomic E-state index is 9.89. The highest BCUT2D eigenvalue weighted by molar-refractivity contribution is 5.42. The molecule has 0 aliphatic heterocycles. The van der Waals surface area contributed by atoms with Crippen molar-refractivity contribution in [3.05, 3.63) is 28.8 Å². The lowest BCUT2D eigenvalue weighted by Gasteiger charge is -2.39. The fraction of sp³-hybridized carbons (Fsp3) is 0.684. The van der Waals surface area contributed by atoms with Gasteiger partial charge in [-0.3, -0.25) is 0 Å². The lowest BCUT2D eigenvalue weighted by molar-refractivity contribution is 0.120. The maximum atomic E-state index is 9.89. The van der Waals surface area contributed by atoms with Gasteiger partial charge in [0.05, 0.1) is 0 Å². The van der Waals surface area contributed by atoms with E-state index in [0.29, 0.717) is 22.6 Å². The zero-order chi connectivity index (χ0) is 15.4. The molecule has 2 aliphatic rings. The molecule has 0 saturated heterocycles. The number of phenols is 1. The highest BCUT2D eigenvalue weighted by atomic mass is 16.3. The summed E-state index contributed by atoms with van der Waals surface area (Å²) in [6.45, 7) is 12.3. The fourth-order valence-corrected chi connectivity index (χ4v) is 4.90. The molecule has 2 nitrogen and oxygen atoms in total. The van der Waals surface area contributed by atoms with E-state index in [9.17, 15) is 5.11 Å². The molecule has 0 amide bonds. The minimum absolute atomic E-state index is 0.429. The molecule has 2 N–H and O–H groups in total. The first-order valence-corrected chi connectivity index (χ1v) is 8.28. The molecular formula is C19H29NO. The van der Waals surface area contributed by atoms with E-state index >= 15 is 0 Å². The van der Waals surface area contributed by atoms with Crippen LogP contribution >= 0.6 is 0 Å². The first kappa shape index (κ1) is 14.9. The van der Waals surface area contributed by atoms with Crippen molar-refractivity contribution in [2.75, 3.05) is 0 Å². The predicted molar refractivity (Wildman–Crippen MR) is 87.4 cm³/mol. The highest BCUT2D eigenvalue weighted by Gasteiger charge is 2.60. The molecule has 21 heavy (non-hydrogen) atoms. The normalized spacial score (nSPS) is 33.6. The summed E-state index contributed by atoms with van der Waals surface area (Å²) in [7, 11) is 0. The van der Waals surface area contributed by atoms with Crippen molar-refractivity contribution in [1.29, 1.82) is 0 Å². The van der Waals surface area contributed by atoms with E-state index in [-0.39, 0.29) is 0 Å². The summed E-state index contributed by atoms with van der Waals surface area (Å²) in [5.41, 5.74) is 4.13. The van der Waals surface area contributed by atoms with Gasteiger partial charge in [-0.15, -0.1) is 0 Å². The van der Waals surface area contributed by atoms with E-state index in [1.165, 1.54) is 24.8 Å². The third-order valence-corrected chi connectivity index (χ3v) is 6.90. The van der Waals surface area contributed by atoms with Gasteiger partial charge < -0.3 is 10.4 Å². The predicted octanol–water partition coefficient (Wildman–Crippen LogP) is 4.31. The van der Waals surface area contributed by atoms with Gasteiger partial charge in [0.15, 0.2) is 0 Å². The van der Waals surface area contributed by atoms with E-state index < -0.39 is 0 Å². The van der Waals surface area contributed by atoms with Crippen LogP contribution < -0.4 is 5.32 Å². The largest absolute Gasteiger partial charge is 0.507 e. The SMILES string of the molecule is Cc1cc(CNC2CC3CCC2(C)C3(C)C)cc(C)c1O. The van der Waals surface area contributed by atoms with E-state index in [4.69, 9.17) is 0 Å². The molecular weight excluding hydrogens is 258 g/mol. The van der Waals surface area contributed by atoms with Gasteiger partial charge in [0.2, 0.25) is 0 Å². The van der Waals surface area contributed by atoms with Crippen molar-refractivity contribution >= 4 is 0 Å². The van der Waals surface area contributed by atoms with Crippen molar-refractivity contribution < 1.29 is 5.11 Å². The number of hydrogen-bond acceptors (Lipinski definition) is 2. The Balaban J connectivity index is 1.72. The lowest BCUT2D eigenvalue weighted by atomic mass is 9.69. The van der Waals surface area contributed by atoms with Gasteiger partial charge >= 0.3 is 0 Å².